The molecule has 5 heteroatoms. The van der Waals surface area contributed by atoms with E-state index >= 15 is 0 Å². The number of para-hydroxylation sites is 1. The van der Waals surface area contributed by atoms with Crippen LogP contribution >= 0.6 is 0 Å². The molecule has 3 N–H and O–H groups in total. The molecule has 5 nitrogen and oxygen atoms in total. The van der Waals surface area contributed by atoms with Crippen molar-refractivity contribution in [3.8, 4) is 5.75 Å². The van der Waals surface area contributed by atoms with Crippen LogP contribution in [0.25, 0.3) is 0 Å². The Morgan fingerprint density at radius 3 is 2.40 bits per heavy atom. The zero-order chi connectivity index (χ0) is 18.2. The first kappa shape index (κ1) is 18.3. The van der Waals surface area contributed by atoms with Gasteiger partial charge in [0.05, 0.1) is 5.56 Å². The molecule has 0 aliphatic carbocycles. The van der Waals surface area contributed by atoms with Crippen molar-refractivity contribution in [3.63, 3.8) is 0 Å². The standard InChI is InChI=1S/C20H22N2O3/c1-14(2)13-25-18-11-7-6-10-16(18)20(24)22-17(19(21)23)12-15-8-4-3-5-9-15/h3-11,17H,1,12-13H2,2H3,(H2,21,23)(H,22,24)/t17-/m0/s1. The number of benzene rings is 2. The smallest absolute Gasteiger partial charge is 0.255 e. The third-order valence-electron chi connectivity index (χ3n) is 3.54. The van der Waals surface area contributed by atoms with E-state index in [4.69, 9.17) is 10.5 Å². The van der Waals surface area contributed by atoms with Gasteiger partial charge in [0.1, 0.15) is 18.4 Å². The molecule has 0 fully saturated rings. The zero-order valence-electron chi connectivity index (χ0n) is 14.2. The summed E-state index contributed by atoms with van der Waals surface area (Å²) < 4.78 is 5.60. The molecule has 2 aromatic rings. The summed E-state index contributed by atoms with van der Waals surface area (Å²) in [5.74, 6) is -0.555. The minimum absolute atomic E-state index is 0.313. The normalized spacial score (nSPS) is 11.4. The molecule has 0 heterocycles. The van der Waals surface area contributed by atoms with Crippen molar-refractivity contribution in [2.45, 2.75) is 19.4 Å². The largest absolute Gasteiger partial charge is 0.488 e. The molecule has 0 aliphatic rings. The summed E-state index contributed by atoms with van der Waals surface area (Å²) in [5, 5.41) is 2.69. The Hall–Kier alpha value is -3.08. The molecule has 1 atom stereocenters. The fourth-order valence-electron chi connectivity index (χ4n) is 2.29. The maximum atomic E-state index is 12.6. The second kappa shape index (κ2) is 8.68. The Morgan fingerprint density at radius 2 is 1.76 bits per heavy atom. The number of nitrogens with one attached hydrogen (secondary N) is 1. The van der Waals surface area contributed by atoms with Gasteiger partial charge in [-0.05, 0) is 30.2 Å². The van der Waals surface area contributed by atoms with Crippen LogP contribution in [-0.2, 0) is 11.2 Å². The van der Waals surface area contributed by atoms with Gasteiger partial charge in [-0.15, -0.1) is 0 Å². The summed E-state index contributed by atoms with van der Waals surface area (Å²) in [6.07, 6.45) is 0.330. The van der Waals surface area contributed by atoms with Crippen LogP contribution in [0.5, 0.6) is 5.75 Å². The first-order chi connectivity index (χ1) is 12.0. The van der Waals surface area contributed by atoms with Crippen LogP contribution in [-0.4, -0.2) is 24.5 Å². The van der Waals surface area contributed by atoms with Gasteiger partial charge in [-0.2, -0.15) is 0 Å². The van der Waals surface area contributed by atoms with Crippen LogP contribution in [0, 0.1) is 0 Å². The van der Waals surface area contributed by atoms with E-state index in [1.54, 1.807) is 24.3 Å². The van der Waals surface area contributed by atoms with Gasteiger partial charge in [0.25, 0.3) is 5.91 Å². The molecule has 0 spiro atoms. The lowest BCUT2D eigenvalue weighted by atomic mass is 10.0. The molecule has 130 valence electrons. The number of ether oxygens (including phenoxy) is 1. The molecule has 0 aliphatic heterocycles. The minimum Gasteiger partial charge on any atom is -0.488 e. The molecular formula is C20H22N2O3. The van der Waals surface area contributed by atoms with Gasteiger partial charge >= 0.3 is 0 Å². The Bertz CT molecular complexity index is 757. The highest BCUT2D eigenvalue weighted by Gasteiger charge is 2.21. The number of hydrogen-bond acceptors (Lipinski definition) is 3. The van der Waals surface area contributed by atoms with Gasteiger partial charge in [-0.25, -0.2) is 0 Å². The molecule has 0 aromatic heterocycles. The van der Waals surface area contributed by atoms with E-state index in [2.05, 4.69) is 11.9 Å². The first-order valence-corrected chi connectivity index (χ1v) is 7.97. The van der Waals surface area contributed by atoms with E-state index in [-0.39, 0.29) is 0 Å². The fraction of sp³-hybridized carbons (Fsp3) is 0.200. The lowest BCUT2D eigenvalue weighted by Gasteiger charge is -2.17. The average Bonchev–Trinajstić information content (AvgIpc) is 2.60. The maximum absolute atomic E-state index is 12.6. The lowest BCUT2D eigenvalue weighted by molar-refractivity contribution is -0.119. The highest BCUT2D eigenvalue weighted by atomic mass is 16.5. The van der Waals surface area contributed by atoms with Gasteiger partial charge in [0.2, 0.25) is 5.91 Å². The maximum Gasteiger partial charge on any atom is 0.255 e. The van der Waals surface area contributed by atoms with Crippen LogP contribution in [0.3, 0.4) is 0 Å². The Morgan fingerprint density at radius 1 is 1.12 bits per heavy atom. The highest BCUT2D eigenvalue weighted by molar-refractivity contribution is 5.99. The quantitative estimate of drug-likeness (QED) is 0.726. The van der Waals surface area contributed by atoms with Crippen molar-refractivity contribution in [1.82, 2.24) is 5.32 Å². The number of hydrogen-bond donors (Lipinski definition) is 2. The number of carbonyl (C=O) groups is 2. The van der Waals surface area contributed by atoms with Crippen LogP contribution in [0.15, 0.2) is 66.7 Å². The van der Waals surface area contributed by atoms with Crippen molar-refractivity contribution in [2.24, 2.45) is 5.73 Å². The van der Waals surface area contributed by atoms with Gasteiger partial charge < -0.3 is 15.8 Å². The molecule has 2 amide bonds. The van der Waals surface area contributed by atoms with Crippen molar-refractivity contribution < 1.29 is 14.3 Å². The number of amides is 2. The molecular weight excluding hydrogens is 316 g/mol. The van der Waals surface area contributed by atoms with Gasteiger partial charge in [0, 0.05) is 6.42 Å². The van der Waals surface area contributed by atoms with Gasteiger partial charge in [-0.1, -0.05) is 49.0 Å². The fourth-order valence-corrected chi connectivity index (χ4v) is 2.29. The molecule has 0 saturated carbocycles. The molecule has 25 heavy (non-hydrogen) atoms. The van der Waals surface area contributed by atoms with E-state index in [1.807, 2.05) is 37.3 Å². The van der Waals surface area contributed by atoms with Crippen LogP contribution in [0.2, 0.25) is 0 Å². The third-order valence-corrected chi connectivity index (χ3v) is 3.54. The lowest BCUT2D eigenvalue weighted by Crippen LogP contribution is -2.45. The monoisotopic (exact) mass is 338 g/mol. The molecule has 0 unspecified atom stereocenters. The van der Waals surface area contributed by atoms with E-state index in [1.165, 1.54) is 0 Å². The summed E-state index contributed by atoms with van der Waals surface area (Å²) in [7, 11) is 0. The SMILES string of the molecule is C=C(C)COc1ccccc1C(=O)N[C@@H](Cc1ccccc1)C(N)=O. The number of carbonyl (C=O) groups excluding carboxylic acids is 2. The van der Waals surface area contributed by atoms with Crippen molar-refractivity contribution in [2.75, 3.05) is 6.61 Å². The van der Waals surface area contributed by atoms with Crippen LogP contribution in [0.1, 0.15) is 22.8 Å². The second-order valence-electron chi connectivity index (χ2n) is 5.86. The van der Waals surface area contributed by atoms with E-state index in [0.29, 0.717) is 24.3 Å². The Kier molecular flexibility index (Phi) is 6.34. The van der Waals surface area contributed by atoms with E-state index < -0.39 is 17.9 Å². The summed E-state index contributed by atoms with van der Waals surface area (Å²) in [6.45, 7) is 5.93. The van der Waals surface area contributed by atoms with Crippen molar-refractivity contribution in [1.29, 1.82) is 0 Å². The molecule has 2 aromatic carbocycles. The predicted molar refractivity (Wildman–Crippen MR) is 97.3 cm³/mol. The van der Waals surface area contributed by atoms with E-state index in [0.717, 1.165) is 11.1 Å². The number of nitrogens with two attached hydrogens (primary N) is 1. The van der Waals surface area contributed by atoms with Gasteiger partial charge in [-0.3, -0.25) is 9.59 Å². The van der Waals surface area contributed by atoms with E-state index in [9.17, 15) is 9.59 Å². The minimum atomic E-state index is -0.802. The highest BCUT2D eigenvalue weighted by Crippen LogP contribution is 2.19. The summed E-state index contributed by atoms with van der Waals surface area (Å²) >= 11 is 0. The number of rotatable bonds is 8. The first-order valence-electron chi connectivity index (χ1n) is 7.97. The average molecular weight is 338 g/mol. The zero-order valence-corrected chi connectivity index (χ0v) is 14.2. The predicted octanol–water partition coefficient (Wildman–Crippen LogP) is 2.47. The number of primary amides is 1. The molecule has 0 radical (unpaired) electrons. The topological polar surface area (TPSA) is 81.4 Å². The van der Waals surface area contributed by atoms with Crippen LogP contribution in [0.4, 0.5) is 0 Å². The summed E-state index contributed by atoms with van der Waals surface area (Å²) in [6, 6.07) is 15.4. The molecule has 0 bridgehead atoms. The second-order valence-corrected chi connectivity index (χ2v) is 5.86. The Balaban J connectivity index is 2.13. The van der Waals surface area contributed by atoms with Crippen molar-refractivity contribution >= 4 is 11.8 Å². The van der Waals surface area contributed by atoms with Gasteiger partial charge in [0.15, 0.2) is 0 Å². The van der Waals surface area contributed by atoms with Crippen molar-refractivity contribution in [3.05, 3.63) is 77.9 Å². The molecule has 2 rings (SSSR count). The Labute approximate surface area is 147 Å². The van der Waals surface area contributed by atoms with Crippen LogP contribution < -0.4 is 15.8 Å². The summed E-state index contributed by atoms with van der Waals surface area (Å²) in [4.78, 5) is 24.3. The molecule has 0 saturated heterocycles. The third kappa shape index (κ3) is 5.49. The summed E-state index contributed by atoms with van der Waals surface area (Å²) in [5.41, 5.74) is 7.56.